The second kappa shape index (κ2) is 7.28. The molecule has 0 N–H and O–H groups in total. The molecule has 0 amide bonds. The molecule has 0 radical (unpaired) electrons. The molecule has 1 atom stereocenters. The van der Waals surface area contributed by atoms with Crippen LogP contribution >= 0.6 is 0 Å². The Labute approximate surface area is 104 Å². The lowest BCUT2D eigenvalue weighted by Gasteiger charge is -2.33. The van der Waals surface area contributed by atoms with Gasteiger partial charge in [0, 0.05) is 32.7 Å². The quantitative estimate of drug-likeness (QED) is 0.681. The van der Waals surface area contributed by atoms with E-state index in [-0.39, 0.29) is 6.23 Å². The number of hydrogen-bond acceptors (Lipinski definition) is 5. The minimum atomic E-state index is 0.208. The van der Waals surface area contributed by atoms with Crippen molar-refractivity contribution >= 4 is 0 Å². The molecule has 100 valence electrons. The van der Waals surface area contributed by atoms with Crippen LogP contribution in [0, 0.1) is 0 Å². The number of morpholine rings is 2. The molecule has 0 aromatic heterocycles. The van der Waals surface area contributed by atoms with Crippen LogP contribution in [-0.2, 0) is 14.2 Å². The Morgan fingerprint density at radius 3 is 2.24 bits per heavy atom. The molecule has 17 heavy (non-hydrogen) atoms. The van der Waals surface area contributed by atoms with Crippen LogP contribution in [0.3, 0.4) is 0 Å². The SMILES string of the molecule is CC(OCCN1CCOCC1)N1CCOCC1. The van der Waals surface area contributed by atoms with Gasteiger partial charge in [-0.2, -0.15) is 0 Å². The van der Waals surface area contributed by atoms with Crippen LogP contribution in [0.2, 0.25) is 0 Å². The summed E-state index contributed by atoms with van der Waals surface area (Å²) in [5.41, 5.74) is 0. The number of hydrogen-bond donors (Lipinski definition) is 0. The van der Waals surface area contributed by atoms with E-state index in [1.807, 2.05) is 0 Å². The minimum Gasteiger partial charge on any atom is -0.379 e. The second-order valence-electron chi connectivity index (χ2n) is 4.57. The van der Waals surface area contributed by atoms with Crippen LogP contribution in [0.1, 0.15) is 6.92 Å². The normalized spacial score (nSPS) is 25.9. The Kier molecular flexibility index (Phi) is 5.67. The van der Waals surface area contributed by atoms with E-state index in [1.54, 1.807) is 0 Å². The fourth-order valence-electron chi connectivity index (χ4n) is 2.22. The first-order valence-electron chi connectivity index (χ1n) is 6.60. The molecule has 2 heterocycles. The summed E-state index contributed by atoms with van der Waals surface area (Å²) >= 11 is 0. The minimum absolute atomic E-state index is 0.208. The third-order valence-electron chi connectivity index (χ3n) is 3.43. The Hall–Kier alpha value is -0.200. The first kappa shape index (κ1) is 13.2. The Morgan fingerprint density at radius 1 is 1.00 bits per heavy atom. The van der Waals surface area contributed by atoms with E-state index in [0.717, 1.165) is 65.8 Å². The lowest BCUT2D eigenvalue weighted by molar-refractivity contribution is -0.0923. The van der Waals surface area contributed by atoms with Gasteiger partial charge in [-0.05, 0) is 6.92 Å². The predicted molar refractivity (Wildman–Crippen MR) is 65.1 cm³/mol. The molecular weight excluding hydrogens is 220 g/mol. The smallest absolute Gasteiger partial charge is 0.107 e. The molecule has 5 nitrogen and oxygen atoms in total. The van der Waals surface area contributed by atoms with Crippen molar-refractivity contribution in [3.8, 4) is 0 Å². The number of nitrogens with zero attached hydrogens (tertiary/aromatic N) is 2. The molecule has 2 aliphatic heterocycles. The maximum atomic E-state index is 5.87. The summed E-state index contributed by atoms with van der Waals surface area (Å²) in [6, 6.07) is 0. The fraction of sp³-hybridized carbons (Fsp3) is 1.00. The van der Waals surface area contributed by atoms with Gasteiger partial charge in [0.05, 0.1) is 33.0 Å². The molecule has 1 unspecified atom stereocenters. The van der Waals surface area contributed by atoms with Crippen molar-refractivity contribution < 1.29 is 14.2 Å². The van der Waals surface area contributed by atoms with Crippen LogP contribution < -0.4 is 0 Å². The molecule has 5 heteroatoms. The standard InChI is InChI=1S/C12H24N2O3/c1-12(14-5-9-16-10-6-14)17-11-4-13-2-7-15-8-3-13/h12H,2-11H2,1H3. The van der Waals surface area contributed by atoms with E-state index in [0.29, 0.717) is 0 Å². The molecular formula is C12H24N2O3. The maximum Gasteiger partial charge on any atom is 0.107 e. The van der Waals surface area contributed by atoms with Gasteiger partial charge in [0.2, 0.25) is 0 Å². The molecule has 0 aromatic rings. The largest absolute Gasteiger partial charge is 0.379 e. The Bertz CT molecular complexity index is 204. The third-order valence-corrected chi connectivity index (χ3v) is 3.43. The van der Waals surface area contributed by atoms with Crippen molar-refractivity contribution in [2.24, 2.45) is 0 Å². The highest BCUT2D eigenvalue weighted by molar-refractivity contribution is 4.65. The molecule has 0 aliphatic carbocycles. The van der Waals surface area contributed by atoms with Gasteiger partial charge in [0.1, 0.15) is 6.23 Å². The van der Waals surface area contributed by atoms with Gasteiger partial charge in [-0.1, -0.05) is 0 Å². The zero-order valence-corrected chi connectivity index (χ0v) is 10.8. The van der Waals surface area contributed by atoms with E-state index in [2.05, 4.69) is 16.7 Å². The molecule has 2 saturated heterocycles. The Balaban J connectivity index is 1.57. The summed E-state index contributed by atoms with van der Waals surface area (Å²) in [7, 11) is 0. The van der Waals surface area contributed by atoms with Crippen molar-refractivity contribution in [1.29, 1.82) is 0 Å². The van der Waals surface area contributed by atoms with Crippen molar-refractivity contribution in [2.45, 2.75) is 13.2 Å². The summed E-state index contributed by atoms with van der Waals surface area (Å²) in [6.45, 7) is 11.4. The van der Waals surface area contributed by atoms with Gasteiger partial charge in [-0.25, -0.2) is 0 Å². The lowest BCUT2D eigenvalue weighted by Crippen LogP contribution is -2.44. The second-order valence-corrected chi connectivity index (χ2v) is 4.57. The Morgan fingerprint density at radius 2 is 1.59 bits per heavy atom. The molecule has 0 bridgehead atoms. The van der Waals surface area contributed by atoms with Crippen molar-refractivity contribution in [1.82, 2.24) is 9.80 Å². The molecule has 0 saturated carbocycles. The van der Waals surface area contributed by atoms with Gasteiger partial charge >= 0.3 is 0 Å². The van der Waals surface area contributed by atoms with Gasteiger partial charge in [-0.3, -0.25) is 9.80 Å². The van der Waals surface area contributed by atoms with Gasteiger partial charge < -0.3 is 14.2 Å². The van der Waals surface area contributed by atoms with Gasteiger partial charge in [0.15, 0.2) is 0 Å². The summed E-state index contributed by atoms with van der Waals surface area (Å²) in [5.74, 6) is 0. The predicted octanol–water partition coefficient (Wildman–Crippen LogP) is 0.0134. The van der Waals surface area contributed by atoms with Gasteiger partial charge in [-0.15, -0.1) is 0 Å². The third kappa shape index (κ3) is 4.52. The van der Waals surface area contributed by atoms with Crippen molar-refractivity contribution in [3.05, 3.63) is 0 Å². The van der Waals surface area contributed by atoms with E-state index in [9.17, 15) is 0 Å². The molecule has 2 aliphatic rings. The summed E-state index contributed by atoms with van der Waals surface area (Å²) in [5, 5.41) is 0. The van der Waals surface area contributed by atoms with E-state index in [1.165, 1.54) is 0 Å². The van der Waals surface area contributed by atoms with E-state index in [4.69, 9.17) is 14.2 Å². The average Bonchev–Trinajstić information content (AvgIpc) is 2.41. The fourth-order valence-corrected chi connectivity index (χ4v) is 2.22. The highest BCUT2D eigenvalue weighted by Crippen LogP contribution is 2.05. The highest BCUT2D eigenvalue weighted by atomic mass is 16.5. The summed E-state index contributed by atoms with van der Waals surface area (Å²) in [6.07, 6.45) is 0.208. The molecule has 0 aromatic carbocycles. The van der Waals surface area contributed by atoms with Crippen LogP contribution in [0.15, 0.2) is 0 Å². The van der Waals surface area contributed by atoms with Crippen LogP contribution in [-0.4, -0.2) is 81.8 Å². The van der Waals surface area contributed by atoms with Crippen molar-refractivity contribution in [2.75, 3.05) is 65.8 Å². The first-order valence-corrected chi connectivity index (χ1v) is 6.60. The number of rotatable bonds is 5. The van der Waals surface area contributed by atoms with E-state index < -0.39 is 0 Å². The topological polar surface area (TPSA) is 34.2 Å². The van der Waals surface area contributed by atoms with Crippen molar-refractivity contribution in [3.63, 3.8) is 0 Å². The number of ether oxygens (including phenoxy) is 3. The van der Waals surface area contributed by atoms with Crippen LogP contribution in [0.4, 0.5) is 0 Å². The lowest BCUT2D eigenvalue weighted by atomic mass is 10.4. The highest BCUT2D eigenvalue weighted by Gasteiger charge is 2.17. The summed E-state index contributed by atoms with van der Waals surface area (Å²) < 4.78 is 16.5. The van der Waals surface area contributed by atoms with Crippen LogP contribution in [0.5, 0.6) is 0 Å². The zero-order chi connectivity index (χ0) is 11.9. The molecule has 2 rings (SSSR count). The average molecular weight is 244 g/mol. The van der Waals surface area contributed by atoms with Gasteiger partial charge in [0.25, 0.3) is 0 Å². The molecule has 2 fully saturated rings. The zero-order valence-electron chi connectivity index (χ0n) is 10.8. The van der Waals surface area contributed by atoms with E-state index >= 15 is 0 Å². The van der Waals surface area contributed by atoms with Crippen LogP contribution in [0.25, 0.3) is 0 Å². The maximum absolute atomic E-state index is 5.87. The first-order chi connectivity index (χ1) is 8.36. The monoisotopic (exact) mass is 244 g/mol. The molecule has 0 spiro atoms. The summed E-state index contributed by atoms with van der Waals surface area (Å²) in [4.78, 5) is 4.73.